The molecule has 1 saturated carbocycles. The molecular formula is C12H24N2O. The van der Waals surface area contributed by atoms with Gasteiger partial charge in [0.25, 0.3) is 0 Å². The molecule has 0 amide bonds. The number of hydrogen-bond donors (Lipinski definition) is 2. The summed E-state index contributed by atoms with van der Waals surface area (Å²) in [5.41, 5.74) is 0. The lowest BCUT2D eigenvalue weighted by molar-refractivity contribution is 0.0501. The zero-order valence-corrected chi connectivity index (χ0v) is 9.78. The predicted molar refractivity (Wildman–Crippen MR) is 61.9 cm³/mol. The molecule has 2 aliphatic rings. The summed E-state index contributed by atoms with van der Waals surface area (Å²) in [6.07, 6.45) is 5.92. The Morgan fingerprint density at radius 1 is 1.27 bits per heavy atom. The van der Waals surface area contributed by atoms with E-state index in [9.17, 15) is 5.11 Å². The van der Waals surface area contributed by atoms with Crippen LogP contribution in [0.15, 0.2) is 0 Å². The molecule has 3 atom stereocenters. The zero-order chi connectivity index (χ0) is 10.7. The van der Waals surface area contributed by atoms with E-state index in [0.717, 1.165) is 19.5 Å². The lowest BCUT2D eigenvalue weighted by Gasteiger charge is -2.38. The van der Waals surface area contributed by atoms with E-state index >= 15 is 0 Å². The fourth-order valence-corrected chi connectivity index (χ4v) is 3.11. The number of rotatable bonds is 3. The van der Waals surface area contributed by atoms with Crippen LogP contribution >= 0.6 is 0 Å². The Morgan fingerprint density at radius 3 is 2.80 bits per heavy atom. The van der Waals surface area contributed by atoms with Gasteiger partial charge in [-0.25, -0.2) is 0 Å². The number of nitrogens with one attached hydrogen (secondary N) is 1. The van der Waals surface area contributed by atoms with Gasteiger partial charge in [-0.15, -0.1) is 0 Å². The van der Waals surface area contributed by atoms with Crippen LogP contribution in [0.5, 0.6) is 0 Å². The molecule has 1 heterocycles. The van der Waals surface area contributed by atoms with Gasteiger partial charge in [0.1, 0.15) is 0 Å². The summed E-state index contributed by atoms with van der Waals surface area (Å²) in [6.45, 7) is 5.55. The molecule has 3 unspecified atom stereocenters. The van der Waals surface area contributed by atoms with Crippen molar-refractivity contribution in [2.45, 2.75) is 57.2 Å². The number of likely N-dealkylation sites (tertiary alicyclic amines) is 1. The number of aliphatic hydroxyl groups is 1. The quantitative estimate of drug-likeness (QED) is 0.732. The number of aliphatic hydroxyl groups excluding tert-OH is 1. The van der Waals surface area contributed by atoms with Crippen LogP contribution in [0.2, 0.25) is 0 Å². The molecule has 1 saturated heterocycles. The van der Waals surface area contributed by atoms with Crippen molar-refractivity contribution in [2.75, 3.05) is 19.6 Å². The van der Waals surface area contributed by atoms with Gasteiger partial charge in [0.15, 0.2) is 0 Å². The molecule has 0 spiro atoms. The molecule has 2 fully saturated rings. The van der Waals surface area contributed by atoms with Gasteiger partial charge in [0.05, 0.1) is 6.10 Å². The molecule has 2 rings (SSSR count). The Kier molecular flexibility index (Phi) is 4.00. The van der Waals surface area contributed by atoms with Crippen LogP contribution in [0.25, 0.3) is 0 Å². The van der Waals surface area contributed by atoms with Crippen molar-refractivity contribution in [1.82, 2.24) is 10.2 Å². The summed E-state index contributed by atoms with van der Waals surface area (Å²) >= 11 is 0. The fourth-order valence-electron chi connectivity index (χ4n) is 3.11. The van der Waals surface area contributed by atoms with Crippen LogP contribution in [0, 0.1) is 0 Å². The van der Waals surface area contributed by atoms with E-state index in [1.165, 1.54) is 32.2 Å². The summed E-state index contributed by atoms with van der Waals surface area (Å²) in [6, 6.07) is 1.10. The minimum atomic E-state index is -0.0645. The van der Waals surface area contributed by atoms with Crippen molar-refractivity contribution in [3.63, 3.8) is 0 Å². The van der Waals surface area contributed by atoms with E-state index in [0.29, 0.717) is 12.1 Å². The summed E-state index contributed by atoms with van der Waals surface area (Å²) in [5.74, 6) is 0. The van der Waals surface area contributed by atoms with Gasteiger partial charge < -0.3 is 10.4 Å². The lowest BCUT2D eigenvalue weighted by atomic mass is 10.0. The van der Waals surface area contributed by atoms with E-state index in [4.69, 9.17) is 0 Å². The molecule has 0 radical (unpaired) electrons. The van der Waals surface area contributed by atoms with Crippen LogP contribution in [-0.4, -0.2) is 47.8 Å². The van der Waals surface area contributed by atoms with Gasteiger partial charge in [-0.1, -0.05) is 6.92 Å². The van der Waals surface area contributed by atoms with Crippen LogP contribution in [0.4, 0.5) is 0 Å². The van der Waals surface area contributed by atoms with Crippen molar-refractivity contribution in [3.05, 3.63) is 0 Å². The summed E-state index contributed by atoms with van der Waals surface area (Å²) in [7, 11) is 0. The van der Waals surface area contributed by atoms with E-state index in [-0.39, 0.29) is 6.10 Å². The Labute approximate surface area is 92.8 Å². The second-order valence-corrected chi connectivity index (χ2v) is 4.96. The highest BCUT2D eigenvalue weighted by atomic mass is 16.3. The molecule has 1 aliphatic carbocycles. The molecule has 3 heteroatoms. The fraction of sp³-hybridized carbons (Fsp3) is 1.00. The van der Waals surface area contributed by atoms with E-state index in [1.807, 2.05) is 0 Å². The Hall–Kier alpha value is -0.120. The predicted octanol–water partition coefficient (Wildman–Crippen LogP) is 0.974. The monoisotopic (exact) mass is 212 g/mol. The van der Waals surface area contributed by atoms with Crippen molar-refractivity contribution < 1.29 is 5.11 Å². The zero-order valence-electron chi connectivity index (χ0n) is 9.78. The third-order valence-corrected chi connectivity index (χ3v) is 3.86. The van der Waals surface area contributed by atoms with E-state index < -0.39 is 0 Å². The number of piperidine rings is 1. The average molecular weight is 212 g/mol. The van der Waals surface area contributed by atoms with Crippen LogP contribution in [-0.2, 0) is 0 Å². The normalized spacial score (nSPS) is 38.4. The van der Waals surface area contributed by atoms with Crippen molar-refractivity contribution >= 4 is 0 Å². The van der Waals surface area contributed by atoms with E-state index in [1.54, 1.807) is 0 Å². The highest BCUT2D eigenvalue weighted by Gasteiger charge is 2.33. The third kappa shape index (κ3) is 2.71. The van der Waals surface area contributed by atoms with Gasteiger partial charge in [0, 0.05) is 18.6 Å². The summed E-state index contributed by atoms with van der Waals surface area (Å²) in [5, 5.41) is 13.4. The maximum atomic E-state index is 9.90. The lowest BCUT2D eigenvalue weighted by Crippen LogP contribution is -2.51. The standard InChI is InChI=1S/C12H24N2O/c1-2-13-10-5-4-8-14(9-10)11-6-3-7-12(11)15/h10-13,15H,2-9H2,1H3. The molecule has 2 N–H and O–H groups in total. The van der Waals surface area contributed by atoms with Crippen molar-refractivity contribution in [3.8, 4) is 0 Å². The molecule has 1 aliphatic heterocycles. The second kappa shape index (κ2) is 5.28. The maximum absolute atomic E-state index is 9.90. The van der Waals surface area contributed by atoms with Crippen molar-refractivity contribution in [1.29, 1.82) is 0 Å². The first-order valence-corrected chi connectivity index (χ1v) is 6.46. The Balaban J connectivity index is 1.86. The summed E-state index contributed by atoms with van der Waals surface area (Å²) < 4.78 is 0. The van der Waals surface area contributed by atoms with Gasteiger partial charge in [-0.3, -0.25) is 4.90 Å². The first kappa shape index (κ1) is 11.4. The molecule has 0 aromatic heterocycles. The SMILES string of the molecule is CCNC1CCCN(C2CCCC2O)C1. The maximum Gasteiger partial charge on any atom is 0.0695 e. The van der Waals surface area contributed by atoms with Crippen LogP contribution in [0.3, 0.4) is 0 Å². The van der Waals surface area contributed by atoms with Crippen molar-refractivity contribution in [2.24, 2.45) is 0 Å². The van der Waals surface area contributed by atoms with Gasteiger partial charge >= 0.3 is 0 Å². The number of nitrogens with zero attached hydrogens (tertiary/aromatic N) is 1. The smallest absolute Gasteiger partial charge is 0.0695 e. The Morgan fingerprint density at radius 2 is 2.13 bits per heavy atom. The molecule has 3 nitrogen and oxygen atoms in total. The number of likely N-dealkylation sites (N-methyl/N-ethyl adjacent to an activating group) is 1. The molecule has 15 heavy (non-hydrogen) atoms. The first-order valence-electron chi connectivity index (χ1n) is 6.46. The highest BCUT2D eigenvalue weighted by Crippen LogP contribution is 2.26. The molecule has 0 bridgehead atoms. The summed E-state index contributed by atoms with van der Waals surface area (Å²) in [4.78, 5) is 2.51. The van der Waals surface area contributed by atoms with E-state index in [2.05, 4.69) is 17.1 Å². The van der Waals surface area contributed by atoms with Gasteiger partial charge in [-0.05, 0) is 45.2 Å². The third-order valence-electron chi connectivity index (χ3n) is 3.86. The Bertz CT molecular complexity index is 196. The van der Waals surface area contributed by atoms with Crippen LogP contribution < -0.4 is 5.32 Å². The topological polar surface area (TPSA) is 35.5 Å². The molecule has 0 aromatic carbocycles. The van der Waals surface area contributed by atoms with Gasteiger partial charge in [-0.2, -0.15) is 0 Å². The second-order valence-electron chi connectivity index (χ2n) is 4.96. The molecule has 0 aromatic rings. The minimum absolute atomic E-state index is 0.0645. The van der Waals surface area contributed by atoms with Crippen LogP contribution in [0.1, 0.15) is 39.0 Å². The van der Waals surface area contributed by atoms with Gasteiger partial charge in [0.2, 0.25) is 0 Å². The average Bonchev–Trinajstić information content (AvgIpc) is 2.65. The molecule has 88 valence electrons. The largest absolute Gasteiger partial charge is 0.391 e. The minimum Gasteiger partial charge on any atom is -0.391 e. The first-order chi connectivity index (χ1) is 7.31. The molecular weight excluding hydrogens is 188 g/mol. The number of hydrogen-bond acceptors (Lipinski definition) is 3. The highest BCUT2D eigenvalue weighted by molar-refractivity contribution is 4.89.